The van der Waals surface area contributed by atoms with Gasteiger partial charge in [-0.15, -0.1) is 0 Å². The van der Waals surface area contributed by atoms with Gasteiger partial charge in [0.2, 0.25) is 0 Å². The number of nitrogens with one attached hydrogen (secondary N) is 1. The van der Waals surface area contributed by atoms with Gasteiger partial charge < -0.3 is 10.1 Å². The maximum absolute atomic E-state index is 5.84. The van der Waals surface area contributed by atoms with Crippen LogP contribution in [0.1, 0.15) is 5.56 Å². The molecule has 2 rings (SSSR count). The highest BCUT2D eigenvalue weighted by Crippen LogP contribution is 2.16. The summed E-state index contributed by atoms with van der Waals surface area (Å²) < 4.78 is 6.75. The van der Waals surface area contributed by atoms with E-state index in [4.69, 9.17) is 16.3 Å². The monoisotopic (exact) mass is 354 g/mol. The molecule has 2 aromatic rings. The van der Waals surface area contributed by atoms with Gasteiger partial charge in [0.15, 0.2) is 0 Å². The Morgan fingerprint density at radius 2 is 2.05 bits per heavy atom. The fraction of sp³-hybridized carbons (Fsp3) is 0.267. The topological polar surface area (TPSA) is 34.1 Å². The van der Waals surface area contributed by atoms with Crippen molar-refractivity contribution in [3.8, 4) is 5.75 Å². The van der Waals surface area contributed by atoms with E-state index in [1.807, 2.05) is 37.5 Å². The van der Waals surface area contributed by atoms with E-state index in [1.54, 1.807) is 6.20 Å². The molecule has 1 aromatic carbocycles. The third-order valence-corrected chi connectivity index (χ3v) is 3.60. The summed E-state index contributed by atoms with van der Waals surface area (Å²) in [5.74, 6) is 0.821. The summed E-state index contributed by atoms with van der Waals surface area (Å²) in [4.78, 5) is 4.17. The van der Waals surface area contributed by atoms with E-state index in [-0.39, 0.29) is 6.04 Å². The van der Waals surface area contributed by atoms with E-state index < -0.39 is 0 Å². The number of rotatable bonds is 6. The van der Waals surface area contributed by atoms with Crippen LogP contribution in [0.15, 0.2) is 47.2 Å². The predicted octanol–water partition coefficient (Wildman–Crippen LogP) is 3.71. The van der Waals surface area contributed by atoms with Crippen LogP contribution in [0, 0.1) is 0 Å². The number of nitrogens with zero attached hydrogens (tertiary/aromatic N) is 1. The average molecular weight is 356 g/mol. The first kappa shape index (κ1) is 15.3. The molecule has 0 aliphatic rings. The molecule has 3 nitrogen and oxygen atoms in total. The fourth-order valence-corrected chi connectivity index (χ4v) is 2.36. The molecule has 0 spiro atoms. The van der Waals surface area contributed by atoms with Crippen LogP contribution in [0.5, 0.6) is 5.75 Å². The zero-order valence-electron chi connectivity index (χ0n) is 11.1. The lowest BCUT2D eigenvalue weighted by molar-refractivity contribution is 0.269. The standard InChI is InChI=1S/C15H16BrClN2O/c1-18-14(7-11-6-12(16)9-19-8-11)10-20-15-4-2-13(17)3-5-15/h2-6,8-9,14,18H,7,10H2,1H3. The Morgan fingerprint density at radius 3 is 2.70 bits per heavy atom. The highest BCUT2D eigenvalue weighted by Gasteiger charge is 2.09. The largest absolute Gasteiger partial charge is 0.492 e. The molecular weight excluding hydrogens is 340 g/mol. The van der Waals surface area contributed by atoms with Gasteiger partial charge in [-0.05, 0) is 65.3 Å². The smallest absolute Gasteiger partial charge is 0.119 e. The lowest BCUT2D eigenvalue weighted by Gasteiger charge is -2.17. The lowest BCUT2D eigenvalue weighted by Crippen LogP contribution is -2.33. The zero-order valence-corrected chi connectivity index (χ0v) is 13.5. The van der Waals surface area contributed by atoms with Crippen LogP contribution in [0.25, 0.3) is 0 Å². The Kier molecular flexibility index (Phi) is 5.83. The second-order valence-corrected chi connectivity index (χ2v) is 5.82. The molecule has 0 aliphatic heterocycles. The summed E-state index contributed by atoms with van der Waals surface area (Å²) in [7, 11) is 1.93. The summed E-state index contributed by atoms with van der Waals surface area (Å²) in [5, 5.41) is 3.97. The molecular formula is C15H16BrClN2O. The van der Waals surface area contributed by atoms with Crippen LogP contribution >= 0.6 is 27.5 Å². The molecule has 5 heteroatoms. The van der Waals surface area contributed by atoms with Crippen molar-refractivity contribution in [3.63, 3.8) is 0 Å². The molecule has 0 saturated carbocycles. The number of ether oxygens (including phenoxy) is 1. The third-order valence-electron chi connectivity index (χ3n) is 2.92. The van der Waals surface area contributed by atoms with Crippen LogP contribution in [0.2, 0.25) is 5.02 Å². The lowest BCUT2D eigenvalue weighted by atomic mass is 10.1. The van der Waals surface area contributed by atoms with E-state index >= 15 is 0 Å². The maximum Gasteiger partial charge on any atom is 0.119 e. The highest BCUT2D eigenvalue weighted by molar-refractivity contribution is 9.10. The second-order valence-electron chi connectivity index (χ2n) is 4.47. The number of pyridine rings is 1. The van der Waals surface area contributed by atoms with Crippen LogP contribution in [-0.4, -0.2) is 24.7 Å². The Morgan fingerprint density at radius 1 is 1.30 bits per heavy atom. The molecule has 0 aliphatic carbocycles. The van der Waals surface area contributed by atoms with Gasteiger partial charge in [-0.2, -0.15) is 0 Å². The summed E-state index contributed by atoms with van der Waals surface area (Å²) in [6.45, 7) is 0.588. The number of halogens is 2. The Balaban J connectivity index is 1.90. The molecule has 1 atom stereocenters. The SMILES string of the molecule is CNC(COc1ccc(Cl)cc1)Cc1cncc(Br)c1. The fourth-order valence-electron chi connectivity index (χ4n) is 1.82. The van der Waals surface area contributed by atoms with Crippen molar-refractivity contribution in [2.24, 2.45) is 0 Å². The minimum Gasteiger partial charge on any atom is -0.492 e. The molecule has 0 saturated heterocycles. The van der Waals surface area contributed by atoms with E-state index in [1.165, 1.54) is 5.56 Å². The molecule has 0 radical (unpaired) electrons. The molecule has 106 valence electrons. The zero-order chi connectivity index (χ0) is 14.4. The van der Waals surface area contributed by atoms with Gasteiger partial charge in [-0.25, -0.2) is 0 Å². The molecule has 1 heterocycles. The summed E-state index contributed by atoms with van der Waals surface area (Å²) in [6, 6.07) is 9.68. The van der Waals surface area contributed by atoms with Crippen LogP contribution in [-0.2, 0) is 6.42 Å². The number of hydrogen-bond acceptors (Lipinski definition) is 3. The molecule has 0 fully saturated rings. The van der Waals surface area contributed by atoms with Gasteiger partial charge in [0, 0.05) is 27.9 Å². The van der Waals surface area contributed by atoms with Gasteiger partial charge in [-0.1, -0.05) is 11.6 Å². The number of benzene rings is 1. The van der Waals surface area contributed by atoms with Gasteiger partial charge in [-0.3, -0.25) is 4.98 Å². The minimum absolute atomic E-state index is 0.224. The van der Waals surface area contributed by atoms with Crippen molar-refractivity contribution >= 4 is 27.5 Å². The molecule has 1 N–H and O–H groups in total. The van der Waals surface area contributed by atoms with Gasteiger partial charge >= 0.3 is 0 Å². The summed E-state index contributed by atoms with van der Waals surface area (Å²) >= 11 is 9.27. The number of aromatic nitrogens is 1. The van der Waals surface area contributed by atoms with E-state index in [2.05, 4.69) is 32.3 Å². The Hall–Kier alpha value is -1.10. The van der Waals surface area contributed by atoms with Crippen molar-refractivity contribution in [2.75, 3.05) is 13.7 Å². The first-order valence-corrected chi connectivity index (χ1v) is 7.49. The van der Waals surface area contributed by atoms with Crippen LogP contribution < -0.4 is 10.1 Å². The van der Waals surface area contributed by atoms with E-state index in [0.717, 1.165) is 16.6 Å². The van der Waals surface area contributed by atoms with E-state index in [9.17, 15) is 0 Å². The van der Waals surface area contributed by atoms with E-state index in [0.29, 0.717) is 11.6 Å². The Labute approximate surface area is 132 Å². The number of likely N-dealkylation sites (N-methyl/N-ethyl adjacent to an activating group) is 1. The van der Waals surface area contributed by atoms with Gasteiger partial charge in [0.1, 0.15) is 12.4 Å². The molecule has 0 amide bonds. The van der Waals surface area contributed by atoms with Crippen molar-refractivity contribution in [1.29, 1.82) is 0 Å². The molecule has 20 heavy (non-hydrogen) atoms. The first-order chi connectivity index (χ1) is 9.67. The minimum atomic E-state index is 0.224. The normalized spacial score (nSPS) is 12.2. The third kappa shape index (κ3) is 4.78. The molecule has 1 aromatic heterocycles. The highest BCUT2D eigenvalue weighted by atomic mass is 79.9. The number of hydrogen-bond donors (Lipinski definition) is 1. The van der Waals surface area contributed by atoms with Crippen molar-refractivity contribution in [2.45, 2.75) is 12.5 Å². The van der Waals surface area contributed by atoms with Crippen LogP contribution in [0.4, 0.5) is 0 Å². The predicted molar refractivity (Wildman–Crippen MR) is 85.4 cm³/mol. The molecule has 0 bridgehead atoms. The molecule has 1 unspecified atom stereocenters. The average Bonchev–Trinajstić information content (AvgIpc) is 2.45. The van der Waals surface area contributed by atoms with Crippen molar-refractivity contribution < 1.29 is 4.74 Å². The van der Waals surface area contributed by atoms with Crippen molar-refractivity contribution in [3.05, 3.63) is 57.8 Å². The van der Waals surface area contributed by atoms with Gasteiger partial charge in [0.05, 0.1) is 0 Å². The summed E-state index contributed by atoms with van der Waals surface area (Å²) in [6.07, 6.45) is 4.51. The first-order valence-electron chi connectivity index (χ1n) is 6.32. The van der Waals surface area contributed by atoms with Gasteiger partial charge in [0.25, 0.3) is 0 Å². The quantitative estimate of drug-likeness (QED) is 0.858. The maximum atomic E-state index is 5.84. The van der Waals surface area contributed by atoms with Crippen LogP contribution in [0.3, 0.4) is 0 Å². The van der Waals surface area contributed by atoms with Crippen molar-refractivity contribution in [1.82, 2.24) is 10.3 Å². The Bertz CT molecular complexity index is 548. The summed E-state index contributed by atoms with van der Waals surface area (Å²) in [5.41, 5.74) is 1.17. The second kappa shape index (κ2) is 7.62.